The van der Waals surface area contributed by atoms with Crippen molar-refractivity contribution in [3.63, 3.8) is 0 Å². The van der Waals surface area contributed by atoms with E-state index in [1.165, 1.54) is 353 Å². The normalized spacial score (nSPS) is 12.6. The molecule has 2 atom stereocenters. The molecule has 0 radical (unpaired) electrons. The quantitative estimate of drug-likeness (QED) is 0.0320. The second-order valence-electron chi connectivity index (χ2n) is 26.3. The molecule has 0 aliphatic rings. The highest BCUT2D eigenvalue weighted by Gasteiger charge is 2.20. The summed E-state index contributed by atoms with van der Waals surface area (Å²) >= 11 is 0. The fraction of sp³-hybridized carbons (Fsp3) is 0.922. The van der Waals surface area contributed by atoms with Gasteiger partial charge in [0.2, 0.25) is 5.91 Å². The Morgan fingerprint density at radius 1 is 0.325 bits per heavy atom. The molecule has 0 aliphatic heterocycles. The minimum atomic E-state index is -0.662. The first-order valence-electron chi connectivity index (χ1n) is 38.1. The van der Waals surface area contributed by atoms with Gasteiger partial charge in [-0.1, -0.05) is 366 Å². The average molecular weight is 1170 g/mol. The predicted molar refractivity (Wildman–Crippen MR) is 366 cm³/mol. The summed E-state index contributed by atoms with van der Waals surface area (Å²) in [6, 6.07) is -0.539. The number of esters is 1. The van der Waals surface area contributed by atoms with E-state index >= 15 is 0 Å². The van der Waals surface area contributed by atoms with E-state index < -0.39 is 12.1 Å². The van der Waals surface area contributed by atoms with E-state index in [0.29, 0.717) is 25.9 Å². The summed E-state index contributed by atoms with van der Waals surface area (Å²) in [6.45, 7) is 4.98. The van der Waals surface area contributed by atoms with Crippen LogP contribution in [0.15, 0.2) is 24.3 Å². The van der Waals surface area contributed by atoms with Crippen molar-refractivity contribution in [2.45, 2.75) is 443 Å². The molecule has 0 aromatic heterocycles. The third-order valence-electron chi connectivity index (χ3n) is 18.0. The number of rotatable bonds is 72. The summed E-state index contributed by atoms with van der Waals surface area (Å²) in [7, 11) is 0. The number of carbonyl (C=O) groups excluding carboxylic acids is 2. The Labute approximate surface area is 520 Å². The number of unbranched alkanes of at least 4 members (excludes halogenated alkanes) is 57. The van der Waals surface area contributed by atoms with Crippen LogP contribution in [0.5, 0.6) is 0 Å². The Bertz CT molecular complexity index is 1300. The van der Waals surface area contributed by atoms with Gasteiger partial charge in [-0.15, -0.1) is 0 Å². The first-order valence-corrected chi connectivity index (χ1v) is 38.1. The molecule has 0 rings (SSSR count). The molecule has 0 bridgehead atoms. The zero-order valence-corrected chi connectivity index (χ0v) is 56.5. The van der Waals surface area contributed by atoms with Gasteiger partial charge in [0.1, 0.15) is 0 Å². The summed E-state index contributed by atoms with van der Waals surface area (Å²) in [4.78, 5) is 24.6. The lowest BCUT2D eigenvalue weighted by molar-refractivity contribution is -0.143. The van der Waals surface area contributed by atoms with Crippen LogP contribution in [0.2, 0.25) is 0 Å². The maximum atomic E-state index is 12.5. The van der Waals surface area contributed by atoms with Gasteiger partial charge < -0.3 is 20.3 Å². The first-order chi connectivity index (χ1) is 41.0. The molecule has 3 N–H and O–H groups in total. The molecule has 6 heteroatoms. The minimum absolute atomic E-state index is 0.0116. The number of amides is 1. The van der Waals surface area contributed by atoms with Crippen molar-refractivity contribution in [1.29, 1.82) is 0 Å². The number of ether oxygens (including phenoxy) is 1. The Balaban J connectivity index is 3.34. The maximum Gasteiger partial charge on any atom is 0.305 e. The zero-order chi connectivity index (χ0) is 59.9. The van der Waals surface area contributed by atoms with Crippen LogP contribution in [0.3, 0.4) is 0 Å². The van der Waals surface area contributed by atoms with Crippen molar-refractivity contribution in [2.75, 3.05) is 13.2 Å². The minimum Gasteiger partial charge on any atom is -0.466 e. The Morgan fingerprint density at radius 3 is 0.867 bits per heavy atom. The van der Waals surface area contributed by atoms with Crippen LogP contribution in [0.1, 0.15) is 431 Å². The second-order valence-corrected chi connectivity index (χ2v) is 26.3. The molecule has 0 saturated heterocycles. The fourth-order valence-corrected chi connectivity index (χ4v) is 12.2. The molecular weight excluding hydrogens is 1020 g/mol. The van der Waals surface area contributed by atoms with Gasteiger partial charge in [-0.25, -0.2) is 0 Å². The van der Waals surface area contributed by atoms with Crippen LogP contribution in [-0.4, -0.2) is 47.4 Å². The highest BCUT2D eigenvalue weighted by Crippen LogP contribution is 2.19. The summed E-state index contributed by atoms with van der Waals surface area (Å²) < 4.78 is 5.48. The third-order valence-corrected chi connectivity index (χ3v) is 18.0. The van der Waals surface area contributed by atoms with Crippen LogP contribution in [0.4, 0.5) is 0 Å². The highest BCUT2D eigenvalue weighted by molar-refractivity contribution is 5.76. The fourth-order valence-electron chi connectivity index (χ4n) is 12.2. The van der Waals surface area contributed by atoms with Gasteiger partial charge in [0.05, 0.1) is 25.4 Å². The van der Waals surface area contributed by atoms with Gasteiger partial charge >= 0.3 is 5.97 Å². The Morgan fingerprint density at radius 2 is 0.566 bits per heavy atom. The summed E-state index contributed by atoms with van der Waals surface area (Å²) in [6.07, 6.45) is 92.6. The number of aliphatic hydroxyl groups excluding tert-OH is 2. The molecule has 0 saturated carbocycles. The topological polar surface area (TPSA) is 95.9 Å². The van der Waals surface area contributed by atoms with Crippen molar-refractivity contribution in [1.82, 2.24) is 5.32 Å². The monoisotopic (exact) mass is 1170 g/mol. The molecule has 492 valence electrons. The van der Waals surface area contributed by atoms with E-state index in [1.54, 1.807) is 0 Å². The van der Waals surface area contributed by atoms with E-state index in [0.717, 1.165) is 44.9 Å². The van der Waals surface area contributed by atoms with Gasteiger partial charge in [0.15, 0.2) is 0 Å². The lowest BCUT2D eigenvalue weighted by Crippen LogP contribution is -2.45. The molecule has 83 heavy (non-hydrogen) atoms. The van der Waals surface area contributed by atoms with E-state index in [2.05, 4.69) is 43.5 Å². The molecule has 6 nitrogen and oxygen atoms in total. The summed E-state index contributed by atoms with van der Waals surface area (Å²) in [5.74, 6) is -0.0154. The molecule has 0 aliphatic carbocycles. The van der Waals surface area contributed by atoms with Gasteiger partial charge in [-0.2, -0.15) is 0 Å². The lowest BCUT2D eigenvalue weighted by Gasteiger charge is -2.22. The molecule has 0 aromatic rings. The first kappa shape index (κ1) is 81.3. The van der Waals surface area contributed by atoms with Crippen LogP contribution >= 0.6 is 0 Å². The molecule has 0 fully saturated rings. The Hall–Kier alpha value is -1.66. The molecule has 0 aromatic carbocycles. The van der Waals surface area contributed by atoms with E-state index in [9.17, 15) is 19.8 Å². The van der Waals surface area contributed by atoms with E-state index in [4.69, 9.17) is 4.74 Å². The van der Waals surface area contributed by atoms with Crippen LogP contribution in [0.25, 0.3) is 0 Å². The lowest BCUT2D eigenvalue weighted by atomic mass is 10.0. The highest BCUT2D eigenvalue weighted by atomic mass is 16.5. The smallest absolute Gasteiger partial charge is 0.305 e. The van der Waals surface area contributed by atoms with Crippen molar-refractivity contribution >= 4 is 11.9 Å². The van der Waals surface area contributed by atoms with Crippen LogP contribution < -0.4 is 5.32 Å². The summed E-state index contributed by atoms with van der Waals surface area (Å²) in [5.41, 5.74) is 0. The SMILES string of the molecule is CCCCCC/C=C\CCCCCCCC(=O)OCCCCCCCCCCCCCCCC/C=C\CCCCCCCCCCCCCCCCCCCC(=O)NC(CO)C(O)CCCCCCCCCCCCCCCCCCCC. The van der Waals surface area contributed by atoms with E-state index in [1.807, 2.05) is 0 Å². The average Bonchev–Trinajstić information content (AvgIpc) is 3.49. The van der Waals surface area contributed by atoms with Crippen LogP contribution in [-0.2, 0) is 14.3 Å². The molecule has 0 spiro atoms. The standard InChI is InChI=1S/C77H149NO5/c1-3-5-7-9-11-13-15-17-18-19-39-42-46-49-53-57-61-65-69-75(80)74(73-79)78-76(81)70-66-62-58-54-50-47-43-40-37-35-33-31-29-27-25-23-21-20-22-24-26-28-30-32-34-36-38-41-44-48-52-56-60-64-68-72-83-77(82)71-67-63-59-55-51-45-16-14-12-10-8-6-4-2/h14,16,22,24,74-75,79-80H,3-13,15,17-21,23,25-73H2,1-2H3,(H,78,81)/b16-14-,24-22-. The van der Waals surface area contributed by atoms with Crippen molar-refractivity contribution < 1.29 is 24.5 Å². The van der Waals surface area contributed by atoms with Gasteiger partial charge in [-0.3, -0.25) is 9.59 Å². The van der Waals surface area contributed by atoms with Gasteiger partial charge in [0, 0.05) is 12.8 Å². The largest absolute Gasteiger partial charge is 0.466 e. The number of allylic oxidation sites excluding steroid dienone is 4. The number of nitrogens with one attached hydrogen (secondary N) is 1. The molecular formula is C77H149NO5. The molecule has 0 heterocycles. The number of carbonyl (C=O) groups is 2. The van der Waals surface area contributed by atoms with Crippen molar-refractivity contribution in [3.8, 4) is 0 Å². The Kier molecular flexibility index (Phi) is 71.4. The number of hydrogen-bond acceptors (Lipinski definition) is 5. The predicted octanol–water partition coefficient (Wildman–Crippen LogP) is 24.9. The molecule has 1 amide bonds. The van der Waals surface area contributed by atoms with Gasteiger partial charge in [0.25, 0.3) is 0 Å². The van der Waals surface area contributed by atoms with E-state index in [-0.39, 0.29) is 18.5 Å². The maximum absolute atomic E-state index is 12.5. The third kappa shape index (κ3) is 69.3. The summed E-state index contributed by atoms with van der Waals surface area (Å²) in [5, 5.41) is 23.4. The number of hydrogen-bond donors (Lipinski definition) is 3. The molecule has 2 unspecified atom stereocenters. The van der Waals surface area contributed by atoms with Crippen molar-refractivity contribution in [3.05, 3.63) is 24.3 Å². The second kappa shape index (κ2) is 72.8. The number of aliphatic hydroxyl groups is 2. The van der Waals surface area contributed by atoms with Gasteiger partial charge in [-0.05, 0) is 77.0 Å². The van der Waals surface area contributed by atoms with Crippen LogP contribution in [0, 0.1) is 0 Å². The van der Waals surface area contributed by atoms with Crippen molar-refractivity contribution in [2.24, 2.45) is 0 Å². The zero-order valence-electron chi connectivity index (χ0n) is 56.5.